The molecule has 2 heterocycles. The van der Waals surface area contributed by atoms with Crippen molar-refractivity contribution in [3.63, 3.8) is 0 Å². The van der Waals surface area contributed by atoms with Gasteiger partial charge >= 0.3 is 0 Å². The third kappa shape index (κ3) is 3.45. The fraction of sp³-hybridized carbons (Fsp3) is 0.0909. The minimum absolute atomic E-state index is 0.287. The summed E-state index contributed by atoms with van der Waals surface area (Å²) in [6, 6.07) is 16.0. The van der Waals surface area contributed by atoms with Gasteiger partial charge in [0, 0.05) is 22.8 Å². The molecule has 0 saturated carbocycles. The monoisotopic (exact) mass is 449 g/mol. The van der Waals surface area contributed by atoms with Gasteiger partial charge in [0.05, 0.1) is 28.1 Å². The highest BCUT2D eigenvalue weighted by atomic mass is 79.9. The Labute approximate surface area is 175 Å². The maximum absolute atomic E-state index is 12.7. The minimum Gasteiger partial charge on any atom is -0.322 e. The van der Waals surface area contributed by atoms with Crippen LogP contribution in [-0.2, 0) is 0 Å². The van der Waals surface area contributed by atoms with Crippen LogP contribution in [0.15, 0.2) is 59.1 Å². The fourth-order valence-corrected chi connectivity index (χ4v) is 3.65. The van der Waals surface area contributed by atoms with Crippen molar-refractivity contribution < 1.29 is 14.4 Å². The van der Waals surface area contributed by atoms with E-state index in [9.17, 15) is 14.4 Å². The molecule has 0 saturated heterocycles. The first-order valence-corrected chi connectivity index (χ1v) is 9.66. The molecule has 7 heteroatoms. The lowest BCUT2D eigenvalue weighted by molar-refractivity contribution is 0.0692. The second-order valence-electron chi connectivity index (χ2n) is 6.72. The van der Waals surface area contributed by atoms with Gasteiger partial charge in [-0.15, -0.1) is 0 Å². The number of hydrogen-bond donors (Lipinski definition) is 1. The predicted octanol–water partition coefficient (Wildman–Crippen LogP) is 4.30. The SMILES string of the molecule is Cc1nc(-c2cccc(Br)c2)ccc1C(=O)Nc1ccc2c(c1)C(=O)N(C)C2=O. The summed E-state index contributed by atoms with van der Waals surface area (Å²) in [6.45, 7) is 1.77. The largest absolute Gasteiger partial charge is 0.322 e. The molecule has 1 aliphatic heterocycles. The minimum atomic E-state index is -0.377. The van der Waals surface area contributed by atoms with Crippen molar-refractivity contribution in [2.75, 3.05) is 12.4 Å². The van der Waals surface area contributed by atoms with Crippen LogP contribution in [-0.4, -0.2) is 34.7 Å². The van der Waals surface area contributed by atoms with Crippen molar-refractivity contribution in [1.29, 1.82) is 0 Å². The smallest absolute Gasteiger partial charge is 0.261 e. The number of pyridine rings is 1. The lowest BCUT2D eigenvalue weighted by Gasteiger charge is -2.10. The molecule has 0 unspecified atom stereocenters. The van der Waals surface area contributed by atoms with Crippen LogP contribution in [0.3, 0.4) is 0 Å². The number of amides is 3. The zero-order valence-electron chi connectivity index (χ0n) is 15.7. The number of carbonyl (C=O) groups excluding carboxylic acids is 3. The van der Waals surface area contributed by atoms with Crippen molar-refractivity contribution >= 4 is 39.3 Å². The molecule has 2 aromatic carbocycles. The Morgan fingerprint density at radius 2 is 1.76 bits per heavy atom. The molecule has 0 radical (unpaired) electrons. The summed E-state index contributed by atoms with van der Waals surface area (Å²) >= 11 is 3.45. The van der Waals surface area contributed by atoms with Gasteiger partial charge in [-0.3, -0.25) is 24.3 Å². The topological polar surface area (TPSA) is 79.4 Å². The summed E-state index contributed by atoms with van der Waals surface area (Å²) < 4.78 is 0.951. The van der Waals surface area contributed by atoms with Gasteiger partial charge in [0.2, 0.25) is 0 Å². The molecule has 6 nitrogen and oxygen atoms in total. The summed E-state index contributed by atoms with van der Waals surface area (Å²) in [7, 11) is 1.44. The van der Waals surface area contributed by atoms with E-state index < -0.39 is 0 Å². The van der Waals surface area contributed by atoms with E-state index in [4.69, 9.17) is 0 Å². The number of hydrogen-bond acceptors (Lipinski definition) is 4. The maximum Gasteiger partial charge on any atom is 0.261 e. The Morgan fingerprint density at radius 3 is 2.48 bits per heavy atom. The first-order valence-electron chi connectivity index (χ1n) is 8.86. The number of aryl methyl sites for hydroxylation is 1. The average molecular weight is 450 g/mol. The molecule has 0 spiro atoms. The van der Waals surface area contributed by atoms with Gasteiger partial charge in [-0.2, -0.15) is 0 Å². The second-order valence-corrected chi connectivity index (χ2v) is 7.64. The van der Waals surface area contributed by atoms with E-state index in [1.54, 1.807) is 31.2 Å². The predicted molar refractivity (Wildman–Crippen MR) is 113 cm³/mol. The van der Waals surface area contributed by atoms with Crippen molar-refractivity contribution in [2.45, 2.75) is 6.92 Å². The van der Waals surface area contributed by atoms with E-state index in [2.05, 4.69) is 26.2 Å². The van der Waals surface area contributed by atoms with Gasteiger partial charge in [0.15, 0.2) is 0 Å². The Balaban J connectivity index is 1.58. The number of benzene rings is 2. The van der Waals surface area contributed by atoms with Gasteiger partial charge in [0.1, 0.15) is 0 Å². The van der Waals surface area contributed by atoms with E-state index in [0.29, 0.717) is 22.5 Å². The Hall–Kier alpha value is -3.32. The highest BCUT2D eigenvalue weighted by molar-refractivity contribution is 9.10. The van der Waals surface area contributed by atoms with Crippen molar-refractivity contribution in [2.24, 2.45) is 0 Å². The number of aromatic nitrogens is 1. The summed E-state index contributed by atoms with van der Waals surface area (Å²) in [6.07, 6.45) is 0. The molecule has 1 aliphatic rings. The fourth-order valence-electron chi connectivity index (χ4n) is 3.25. The zero-order chi connectivity index (χ0) is 20.7. The Bertz CT molecular complexity index is 1190. The van der Waals surface area contributed by atoms with Crippen LogP contribution in [0.2, 0.25) is 0 Å². The number of imide groups is 1. The molecule has 1 aromatic heterocycles. The molecule has 0 bridgehead atoms. The number of anilines is 1. The van der Waals surface area contributed by atoms with Crippen LogP contribution >= 0.6 is 15.9 Å². The third-order valence-corrected chi connectivity index (χ3v) is 5.29. The zero-order valence-corrected chi connectivity index (χ0v) is 17.3. The summed E-state index contributed by atoms with van der Waals surface area (Å²) in [5.41, 5.74) is 3.81. The van der Waals surface area contributed by atoms with E-state index >= 15 is 0 Å². The van der Waals surface area contributed by atoms with Gasteiger partial charge in [-0.25, -0.2) is 0 Å². The standard InChI is InChI=1S/C22H16BrN3O3/c1-12-16(8-9-19(24-12)13-4-3-5-14(23)10-13)20(27)25-15-6-7-17-18(11-15)22(29)26(2)21(17)28/h3-11H,1-2H3,(H,25,27). The molecule has 0 atom stereocenters. The van der Waals surface area contributed by atoms with Crippen molar-refractivity contribution in [3.05, 3.63) is 81.5 Å². The maximum atomic E-state index is 12.7. The average Bonchev–Trinajstić information content (AvgIpc) is 2.91. The molecule has 3 amide bonds. The molecule has 29 heavy (non-hydrogen) atoms. The molecule has 3 aromatic rings. The van der Waals surface area contributed by atoms with Crippen LogP contribution in [0.1, 0.15) is 36.8 Å². The normalized spacial score (nSPS) is 12.9. The van der Waals surface area contributed by atoms with Gasteiger partial charge < -0.3 is 5.32 Å². The number of nitrogens with one attached hydrogen (secondary N) is 1. The highest BCUT2D eigenvalue weighted by Crippen LogP contribution is 2.26. The van der Waals surface area contributed by atoms with E-state index in [1.165, 1.54) is 13.1 Å². The molecule has 144 valence electrons. The van der Waals surface area contributed by atoms with Gasteiger partial charge in [-0.1, -0.05) is 28.1 Å². The first kappa shape index (κ1) is 19.0. The lowest BCUT2D eigenvalue weighted by atomic mass is 10.1. The molecule has 0 fully saturated rings. The Morgan fingerprint density at radius 1 is 1.00 bits per heavy atom. The lowest BCUT2D eigenvalue weighted by Crippen LogP contribution is -2.24. The van der Waals surface area contributed by atoms with Crippen LogP contribution in [0.4, 0.5) is 5.69 Å². The Kier molecular flexibility index (Phi) is 4.76. The highest BCUT2D eigenvalue weighted by Gasteiger charge is 2.32. The number of fused-ring (bicyclic) bond motifs is 1. The molecule has 1 N–H and O–H groups in total. The third-order valence-electron chi connectivity index (χ3n) is 4.80. The van der Waals surface area contributed by atoms with Crippen LogP contribution < -0.4 is 5.32 Å². The van der Waals surface area contributed by atoms with E-state index in [1.807, 2.05) is 24.3 Å². The summed E-state index contributed by atoms with van der Waals surface area (Å²) in [4.78, 5) is 42.5. The summed E-state index contributed by atoms with van der Waals surface area (Å²) in [5.74, 6) is -1.05. The van der Waals surface area contributed by atoms with E-state index in [0.717, 1.165) is 20.6 Å². The van der Waals surface area contributed by atoms with Crippen molar-refractivity contribution in [3.8, 4) is 11.3 Å². The van der Waals surface area contributed by atoms with Gasteiger partial charge in [-0.05, 0) is 49.4 Å². The molecular weight excluding hydrogens is 434 g/mol. The van der Waals surface area contributed by atoms with Crippen LogP contribution in [0.5, 0.6) is 0 Å². The van der Waals surface area contributed by atoms with Gasteiger partial charge in [0.25, 0.3) is 17.7 Å². The second kappa shape index (κ2) is 7.25. The van der Waals surface area contributed by atoms with Crippen LogP contribution in [0.25, 0.3) is 11.3 Å². The molecular formula is C22H16BrN3O3. The molecule has 0 aliphatic carbocycles. The van der Waals surface area contributed by atoms with Crippen LogP contribution in [0, 0.1) is 6.92 Å². The molecule has 4 rings (SSSR count). The number of halogens is 1. The van der Waals surface area contributed by atoms with Crippen molar-refractivity contribution in [1.82, 2.24) is 9.88 Å². The quantitative estimate of drug-likeness (QED) is 0.604. The summed E-state index contributed by atoms with van der Waals surface area (Å²) in [5, 5.41) is 2.78. The number of nitrogens with zero attached hydrogens (tertiary/aromatic N) is 2. The van der Waals surface area contributed by atoms with E-state index in [-0.39, 0.29) is 23.3 Å². The number of carbonyl (C=O) groups is 3. The first-order chi connectivity index (χ1) is 13.8. The number of rotatable bonds is 3.